The number of rotatable bonds is 5. The van der Waals surface area contributed by atoms with Gasteiger partial charge in [-0.25, -0.2) is 4.39 Å². The Morgan fingerprint density at radius 1 is 1.56 bits per heavy atom. The number of benzene rings is 1. The largest absolute Gasteiger partial charge is 0.353 e. The fraction of sp³-hybridized carbons (Fsp3) is 0.385. The normalized spacial score (nSPS) is 10.2. The van der Waals surface area contributed by atoms with Gasteiger partial charge in [0.1, 0.15) is 11.9 Å². The number of hydrogen-bond acceptors (Lipinski definition) is 3. The second-order valence-corrected chi connectivity index (χ2v) is 5.13. The molecule has 0 radical (unpaired) electrons. The molecule has 1 aromatic rings. The third kappa shape index (κ3) is 4.76. The molecule has 0 unspecified atom stereocenters. The lowest BCUT2D eigenvalue weighted by molar-refractivity contribution is -0.119. The fourth-order valence-corrected chi connectivity index (χ4v) is 2.16. The van der Waals surface area contributed by atoms with E-state index in [4.69, 9.17) is 5.26 Å². The number of carbonyl (C=O) groups is 1. The van der Waals surface area contributed by atoms with Crippen LogP contribution in [0.4, 0.5) is 4.39 Å². The molecule has 0 heterocycles. The highest BCUT2D eigenvalue weighted by molar-refractivity contribution is 7.99. The van der Waals surface area contributed by atoms with Crippen molar-refractivity contribution in [1.29, 1.82) is 5.26 Å². The summed E-state index contributed by atoms with van der Waals surface area (Å²) in [6, 6.07) is 6.36. The SMILES string of the molecule is CC(C)NC(=O)CSCc1ccc(F)c(C#N)c1. The number of nitriles is 1. The van der Waals surface area contributed by atoms with Gasteiger partial charge in [0, 0.05) is 11.8 Å². The molecule has 1 aromatic carbocycles. The predicted molar refractivity (Wildman–Crippen MR) is 70.6 cm³/mol. The van der Waals surface area contributed by atoms with Gasteiger partial charge in [0.2, 0.25) is 5.91 Å². The molecule has 96 valence electrons. The van der Waals surface area contributed by atoms with Crippen LogP contribution in [0.15, 0.2) is 18.2 Å². The molecule has 1 rings (SSSR count). The summed E-state index contributed by atoms with van der Waals surface area (Å²) in [5.41, 5.74) is 0.884. The number of hydrogen-bond donors (Lipinski definition) is 1. The van der Waals surface area contributed by atoms with Gasteiger partial charge in [0.05, 0.1) is 11.3 Å². The quantitative estimate of drug-likeness (QED) is 0.890. The molecule has 0 aliphatic carbocycles. The molecule has 0 saturated carbocycles. The van der Waals surface area contributed by atoms with Crippen molar-refractivity contribution in [3.8, 4) is 6.07 Å². The van der Waals surface area contributed by atoms with E-state index < -0.39 is 5.82 Å². The monoisotopic (exact) mass is 266 g/mol. The van der Waals surface area contributed by atoms with Crippen LogP contribution in [0, 0.1) is 17.1 Å². The zero-order valence-corrected chi connectivity index (χ0v) is 11.2. The summed E-state index contributed by atoms with van der Waals surface area (Å²) < 4.78 is 13.1. The first-order valence-electron chi connectivity index (χ1n) is 5.58. The van der Waals surface area contributed by atoms with Gasteiger partial charge in [-0.05, 0) is 31.5 Å². The summed E-state index contributed by atoms with van der Waals surface area (Å²) in [5, 5.41) is 11.5. The van der Waals surface area contributed by atoms with Crippen molar-refractivity contribution >= 4 is 17.7 Å². The molecule has 18 heavy (non-hydrogen) atoms. The topological polar surface area (TPSA) is 52.9 Å². The highest BCUT2D eigenvalue weighted by Gasteiger charge is 2.05. The average molecular weight is 266 g/mol. The van der Waals surface area contributed by atoms with Crippen LogP contribution in [-0.2, 0) is 10.5 Å². The Hall–Kier alpha value is -1.54. The highest BCUT2D eigenvalue weighted by atomic mass is 32.2. The maximum atomic E-state index is 13.1. The fourth-order valence-electron chi connectivity index (χ4n) is 1.37. The van der Waals surface area contributed by atoms with Crippen molar-refractivity contribution in [1.82, 2.24) is 5.32 Å². The Kier molecular flexibility index (Phi) is 5.66. The van der Waals surface area contributed by atoms with Gasteiger partial charge in [-0.15, -0.1) is 11.8 Å². The average Bonchev–Trinajstić information content (AvgIpc) is 2.30. The second-order valence-electron chi connectivity index (χ2n) is 4.14. The lowest BCUT2D eigenvalue weighted by atomic mass is 10.1. The van der Waals surface area contributed by atoms with Crippen molar-refractivity contribution in [2.45, 2.75) is 25.6 Å². The Labute approximate surface area is 110 Å². The van der Waals surface area contributed by atoms with E-state index >= 15 is 0 Å². The van der Waals surface area contributed by atoms with E-state index in [9.17, 15) is 9.18 Å². The van der Waals surface area contributed by atoms with Gasteiger partial charge < -0.3 is 5.32 Å². The van der Waals surface area contributed by atoms with E-state index in [-0.39, 0.29) is 17.5 Å². The van der Waals surface area contributed by atoms with Crippen molar-refractivity contribution in [3.05, 3.63) is 35.1 Å². The van der Waals surface area contributed by atoms with Crippen molar-refractivity contribution in [2.24, 2.45) is 0 Å². The summed E-state index contributed by atoms with van der Waals surface area (Å²) in [4.78, 5) is 11.4. The third-order valence-electron chi connectivity index (χ3n) is 2.10. The Morgan fingerprint density at radius 3 is 2.89 bits per heavy atom. The van der Waals surface area contributed by atoms with E-state index in [0.29, 0.717) is 11.5 Å². The van der Waals surface area contributed by atoms with Crippen LogP contribution in [0.5, 0.6) is 0 Å². The van der Waals surface area contributed by atoms with E-state index in [1.165, 1.54) is 23.9 Å². The van der Waals surface area contributed by atoms with Crippen LogP contribution in [-0.4, -0.2) is 17.7 Å². The molecule has 0 aromatic heterocycles. The Balaban J connectivity index is 2.45. The molecular formula is C13H15FN2OS. The number of nitrogens with one attached hydrogen (secondary N) is 1. The van der Waals surface area contributed by atoms with Crippen LogP contribution in [0.2, 0.25) is 0 Å². The zero-order chi connectivity index (χ0) is 13.5. The van der Waals surface area contributed by atoms with Gasteiger partial charge in [-0.1, -0.05) is 6.07 Å². The molecule has 0 atom stereocenters. The number of halogens is 1. The summed E-state index contributed by atoms with van der Waals surface area (Å²) >= 11 is 1.44. The lowest BCUT2D eigenvalue weighted by Crippen LogP contribution is -2.31. The molecule has 5 heteroatoms. The van der Waals surface area contributed by atoms with E-state index in [1.54, 1.807) is 12.1 Å². The van der Waals surface area contributed by atoms with Gasteiger partial charge in [0.15, 0.2) is 0 Å². The zero-order valence-electron chi connectivity index (χ0n) is 10.4. The standard InChI is InChI=1S/C13H15FN2OS/c1-9(2)16-13(17)8-18-7-10-3-4-12(14)11(5-10)6-15/h3-5,9H,7-8H2,1-2H3,(H,16,17). The molecule has 0 aliphatic heterocycles. The minimum Gasteiger partial charge on any atom is -0.353 e. The molecule has 0 fully saturated rings. The van der Waals surface area contributed by atoms with Gasteiger partial charge in [-0.2, -0.15) is 5.26 Å². The van der Waals surface area contributed by atoms with E-state index in [0.717, 1.165) is 5.56 Å². The molecule has 0 aliphatic rings. The van der Waals surface area contributed by atoms with Gasteiger partial charge in [-0.3, -0.25) is 4.79 Å². The van der Waals surface area contributed by atoms with Crippen LogP contribution >= 0.6 is 11.8 Å². The molecule has 1 amide bonds. The molecule has 3 nitrogen and oxygen atoms in total. The first-order chi connectivity index (χ1) is 8.52. The predicted octanol–water partition coefficient (Wildman–Crippen LogP) is 2.46. The Morgan fingerprint density at radius 2 is 2.28 bits per heavy atom. The maximum Gasteiger partial charge on any atom is 0.230 e. The van der Waals surface area contributed by atoms with Crippen LogP contribution in [0.25, 0.3) is 0 Å². The van der Waals surface area contributed by atoms with Crippen molar-refractivity contribution < 1.29 is 9.18 Å². The first-order valence-corrected chi connectivity index (χ1v) is 6.74. The first kappa shape index (κ1) is 14.5. The Bertz CT molecular complexity index is 469. The summed E-state index contributed by atoms with van der Waals surface area (Å²) in [6.07, 6.45) is 0. The van der Waals surface area contributed by atoms with Crippen LogP contribution in [0.3, 0.4) is 0 Å². The second kappa shape index (κ2) is 7.02. The van der Waals surface area contributed by atoms with Crippen LogP contribution in [0.1, 0.15) is 25.0 Å². The van der Waals surface area contributed by atoms with Crippen molar-refractivity contribution in [2.75, 3.05) is 5.75 Å². The number of amides is 1. The maximum absolute atomic E-state index is 13.1. The van der Waals surface area contributed by atoms with E-state index in [2.05, 4.69) is 5.32 Å². The smallest absolute Gasteiger partial charge is 0.230 e. The minimum atomic E-state index is -0.510. The number of carbonyl (C=O) groups excluding carboxylic acids is 1. The van der Waals surface area contributed by atoms with Crippen molar-refractivity contribution in [3.63, 3.8) is 0 Å². The van der Waals surface area contributed by atoms with E-state index in [1.807, 2.05) is 13.8 Å². The summed E-state index contributed by atoms with van der Waals surface area (Å²) in [7, 11) is 0. The molecule has 0 spiro atoms. The van der Waals surface area contributed by atoms with Gasteiger partial charge >= 0.3 is 0 Å². The molecule has 0 saturated heterocycles. The highest BCUT2D eigenvalue weighted by Crippen LogP contribution is 2.15. The molecule has 0 bridgehead atoms. The summed E-state index contributed by atoms with van der Waals surface area (Å²) in [6.45, 7) is 3.81. The third-order valence-corrected chi connectivity index (χ3v) is 3.11. The molecular weight excluding hydrogens is 251 g/mol. The molecule has 1 N–H and O–H groups in total. The lowest BCUT2D eigenvalue weighted by Gasteiger charge is -2.08. The number of thioether (sulfide) groups is 1. The minimum absolute atomic E-state index is 0.0161. The summed E-state index contributed by atoms with van der Waals surface area (Å²) in [5.74, 6) is 0.416. The van der Waals surface area contributed by atoms with Gasteiger partial charge in [0.25, 0.3) is 0 Å². The number of nitrogens with zero attached hydrogens (tertiary/aromatic N) is 1. The van der Waals surface area contributed by atoms with Crippen LogP contribution < -0.4 is 5.32 Å².